The molecule has 4 heterocycles. The molecule has 0 unspecified atom stereocenters. The molecule has 16 nitrogen and oxygen atoms in total. The molecule has 0 fully saturated rings. The zero-order valence-corrected chi connectivity index (χ0v) is 28.0. The summed E-state index contributed by atoms with van der Waals surface area (Å²) < 4.78 is 68.9. The van der Waals surface area contributed by atoms with E-state index in [4.69, 9.17) is 0 Å². The Hall–Kier alpha value is -6.86. The van der Waals surface area contributed by atoms with E-state index in [9.17, 15) is 54.7 Å². The van der Waals surface area contributed by atoms with Gasteiger partial charge in [-0.3, -0.25) is 46.7 Å². The molecule has 4 aromatic heterocycles. The summed E-state index contributed by atoms with van der Waals surface area (Å²) in [7, 11) is -9.42. The van der Waals surface area contributed by atoms with Gasteiger partial charge >= 0.3 is 0 Å². The lowest BCUT2D eigenvalue weighted by Crippen LogP contribution is -2.22. The molecule has 0 saturated carbocycles. The van der Waals surface area contributed by atoms with Crippen LogP contribution in [-0.2, 0) is 20.2 Å². The van der Waals surface area contributed by atoms with Gasteiger partial charge in [-0.2, -0.15) is 16.8 Å². The first-order valence-corrected chi connectivity index (χ1v) is 18.6. The molecule has 0 bridgehead atoms. The number of benzene rings is 7. The normalized spacial score (nSPS) is 13.4. The molecule has 0 aliphatic heterocycles. The molecule has 2 N–H and O–H groups in total. The Balaban J connectivity index is 1.39. The lowest BCUT2D eigenvalue weighted by Gasteiger charge is -2.16. The van der Waals surface area contributed by atoms with Crippen molar-refractivity contribution in [1.82, 2.24) is 18.8 Å². The molecule has 11 aromatic rings. The maximum absolute atomic E-state index is 14.3. The highest BCUT2D eigenvalue weighted by atomic mass is 32.2. The monoisotopic (exact) mass is 756 g/mol. The Kier molecular flexibility index (Phi) is 5.23. The van der Waals surface area contributed by atoms with Gasteiger partial charge in [0.25, 0.3) is 31.4 Å². The van der Waals surface area contributed by atoms with E-state index < -0.39 is 68.2 Å². The first-order valence-electron chi connectivity index (χ1n) is 15.7. The Morgan fingerprint density at radius 2 is 0.833 bits per heavy atom. The number of hydrogen-bond acceptors (Lipinski definition) is 12. The highest BCUT2D eigenvalue weighted by molar-refractivity contribution is 7.86. The van der Waals surface area contributed by atoms with Gasteiger partial charge in [0.05, 0.1) is 48.0 Å². The van der Waals surface area contributed by atoms with Gasteiger partial charge in [0.15, 0.2) is 27.4 Å². The van der Waals surface area contributed by atoms with Crippen LogP contribution in [0.15, 0.2) is 99.2 Å². The molecule has 7 aromatic carbocycles. The van der Waals surface area contributed by atoms with Crippen LogP contribution in [0.3, 0.4) is 0 Å². The summed E-state index contributed by atoms with van der Waals surface area (Å²) in [6, 6.07) is 10.9. The molecule has 0 aliphatic rings. The lowest BCUT2D eigenvalue weighted by molar-refractivity contribution is 0.481. The van der Waals surface area contributed by atoms with Crippen molar-refractivity contribution in [3.8, 4) is 0 Å². The number of aromatic nitrogens is 4. The highest BCUT2D eigenvalue weighted by Crippen LogP contribution is 2.42. The van der Waals surface area contributed by atoms with Crippen LogP contribution >= 0.6 is 0 Å². The van der Waals surface area contributed by atoms with Crippen LogP contribution in [0.1, 0.15) is 0 Å². The van der Waals surface area contributed by atoms with Crippen LogP contribution in [0, 0.1) is 0 Å². The Morgan fingerprint density at radius 1 is 0.426 bits per heavy atom. The van der Waals surface area contributed by atoms with E-state index in [1.165, 1.54) is 12.1 Å². The molecular weight excluding hydrogens is 745 g/mol. The number of nitrogens with zero attached hydrogens (tertiary/aromatic N) is 4. The molecule has 0 amide bonds. The maximum Gasteiger partial charge on any atom is 0.294 e. The Bertz CT molecular complexity index is 4200. The summed E-state index contributed by atoms with van der Waals surface area (Å²) in [5, 5.41) is -1.07. The van der Waals surface area contributed by atoms with Crippen LogP contribution in [0.2, 0.25) is 0 Å². The molecule has 260 valence electrons. The second-order valence-electron chi connectivity index (χ2n) is 13.1. The standard InChI is InChI=1S/C36H12N4O12S2/c41-21-9-15-29-27-14(8-24(44)32(29)36(46)39-19-5-11(53(47,48)49)1-3-17(19)37-33(15)39)26-22(42)10-16-30-28(26)13(25(21)27)7-23(43)31(30)34-38-18-4-2-12(54(50,51)52)6-20(18)40(34)35(16)45/h1-10H,(H,47,48,49)(H,50,51,52). The fourth-order valence-corrected chi connectivity index (χ4v) is 9.30. The van der Waals surface area contributed by atoms with Crippen molar-refractivity contribution < 1.29 is 25.9 Å². The zero-order chi connectivity index (χ0) is 37.7. The molecule has 18 heteroatoms. The first-order chi connectivity index (χ1) is 25.5. The first kappa shape index (κ1) is 30.7. The SMILES string of the molecule is O=c1cc2c3c(=O)cc4c(=O)n5c6cc(S(=O)(=O)O)ccc6nc5c5c(=O)cc(c6c(=O)cc7c(c1c(=O)n1c8cc(S(=O)(=O)O)ccc8nc71)c26)c3c45. The second-order valence-corrected chi connectivity index (χ2v) is 15.9. The van der Waals surface area contributed by atoms with Crippen molar-refractivity contribution in [3.63, 3.8) is 0 Å². The number of pyridine rings is 2. The number of fused-ring (bicyclic) bond motifs is 10. The Labute approximate surface area is 294 Å². The third-order valence-electron chi connectivity index (χ3n) is 10.4. The summed E-state index contributed by atoms with van der Waals surface area (Å²) >= 11 is 0. The minimum absolute atomic E-state index is 0.0201. The van der Waals surface area contributed by atoms with Crippen molar-refractivity contribution in [3.05, 3.63) is 122 Å². The maximum atomic E-state index is 14.3. The predicted octanol–water partition coefficient (Wildman–Crippen LogP) is 2.05. The van der Waals surface area contributed by atoms with E-state index in [0.29, 0.717) is 0 Å². The number of hydrogen-bond donors (Lipinski definition) is 2. The van der Waals surface area contributed by atoms with Crippen LogP contribution in [0.4, 0.5) is 0 Å². The van der Waals surface area contributed by atoms with E-state index >= 15 is 0 Å². The smallest absolute Gasteiger partial charge is 0.289 e. The third-order valence-corrected chi connectivity index (χ3v) is 12.1. The molecule has 54 heavy (non-hydrogen) atoms. The molecule has 0 atom stereocenters. The second kappa shape index (κ2) is 9.19. The topological polar surface area (TPSA) is 246 Å². The molecule has 0 saturated heterocycles. The van der Waals surface area contributed by atoms with E-state index in [0.717, 1.165) is 57.3 Å². The minimum atomic E-state index is -4.71. The van der Waals surface area contributed by atoms with E-state index in [-0.39, 0.29) is 92.6 Å². The van der Waals surface area contributed by atoms with Crippen LogP contribution in [0.5, 0.6) is 0 Å². The van der Waals surface area contributed by atoms with E-state index in [1.54, 1.807) is 0 Å². The van der Waals surface area contributed by atoms with Gasteiger partial charge in [0.1, 0.15) is 5.65 Å². The molecule has 11 rings (SSSR count). The molecule has 0 radical (unpaired) electrons. The van der Waals surface area contributed by atoms with Crippen molar-refractivity contribution in [2.24, 2.45) is 0 Å². The third kappa shape index (κ3) is 3.47. The summed E-state index contributed by atoms with van der Waals surface area (Å²) in [4.78, 5) is 92.9. The van der Waals surface area contributed by atoms with Gasteiger partial charge in [0.2, 0.25) is 0 Å². The van der Waals surface area contributed by atoms with Crippen molar-refractivity contribution >= 4 is 118 Å². The Morgan fingerprint density at radius 3 is 1.37 bits per heavy atom. The summed E-state index contributed by atoms with van der Waals surface area (Å²) in [5.74, 6) is 0. The van der Waals surface area contributed by atoms with Crippen LogP contribution in [-0.4, -0.2) is 44.7 Å². The van der Waals surface area contributed by atoms with Gasteiger partial charge in [-0.1, -0.05) is 0 Å². The largest absolute Gasteiger partial charge is 0.294 e. The summed E-state index contributed by atoms with van der Waals surface area (Å²) in [5.41, 5.74) is -5.03. The average molecular weight is 757 g/mol. The number of rotatable bonds is 2. The molecule has 0 aliphatic carbocycles. The van der Waals surface area contributed by atoms with Gasteiger partial charge in [0, 0.05) is 37.7 Å². The zero-order valence-electron chi connectivity index (χ0n) is 26.4. The van der Waals surface area contributed by atoms with Crippen LogP contribution < -0.4 is 32.8 Å². The van der Waals surface area contributed by atoms with Gasteiger partial charge in [-0.15, -0.1) is 0 Å². The van der Waals surface area contributed by atoms with Crippen molar-refractivity contribution in [2.45, 2.75) is 9.79 Å². The quantitative estimate of drug-likeness (QED) is 0.146. The van der Waals surface area contributed by atoms with Gasteiger partial charge in [-0.05, 0) is 71.4 Å². The minimum Gasteiger partial charge on any atom is -0.289 e. The van der Waals surface area contributed by atoms with Crippen LogP contribution in [0.25, 0.3) is 98.0 Å². The molecule has 0 spiro atoms. The fourth-order valence-electron chi connectivity index (χ4n) is 8.30. The average Bonchev–Trinajstić information content (AvgIpc) is 3.68. The predicted molar refractivity (Wildman–Crippen MR) is 197 cm³/mol. The molecular formula is C36H12N4O12S2. The lowest BCUT2D eigenvalue weighted by atomic mass is 9.85. The van der Waals surface area contributed by atoms with Crippen molar-refractivity contribution in [2.75, 3.05) is 0 Å². The highest BCUT2D eigenvalue weighted by Gasteiger charge is 2.29. The fraction of sp³-hybridized carbons (Fsp3) is 0. The van der Waals surface area contributed by atoms with Gasteiger partial charge in [-0.25, -0.2) is 9.97 Å². The summed E-state index contributed by atoms with van der Waals surface area (Å²) in [6.45, 7) is 0. The van der Waals surface area contributed by atoms with Crippen molar-refractivity contribution in [1.29, 1.82) is 0 Å². The van der Waals surface area contributed by atoms with E-state index in [2.05, 4.69) is 9.97 Å². The van der Waals surface area contributed by atoms with E-state index in [1.807, 2.05) is 0 Å². The number of imidazole rings is 2. The summed E-state index contributed by atoms with van der Waals surface area (Å²) in [6.07, 6.45) is 0. The van der Waals surface area contributed by atoms with Gasteiger partial charge < -0.3 is 0 Å².